The number of carbonyl (C=O) groups is 1. The van der Waals surface area contributed by atoms with Gasteiger partial charge in [-0.3, -0.25) is 9.78 Å². The number of methoxy groups -OCH3 is 2. The first-order valence-corrected chi connectivity index (χ1v) is 11.7. The van der Waals surface area contributed by atoms with E-state index < -0.39 is 18.8 Å². The predicted molar refractivity (Wildman–Crippen MR) is 129 cm³/mol. The predicted octanol–water partition coefficient (Wildman–Crippen LogP) is 3.75. The van der Waals surface area contributed by atoms with E-state index in [0.29, 0.717) is 6.54 Å². The number of nitrogens with one attached hydrogen (secondary N) is 1. The zero-order valence-electron chi connectivity index (χ0n) is 20.4. The van der Waals surface area contributed by atoms with Crippen molar-refractivity contribution in [3.8, 4) is 11.1 Å². The van der Waals surface area contributed by atoms with Crippen molar-refractivity contribution in [2.45, 2.75) is 56.8 Å². The van der Waals surface area contributed by atoms with Gasteiger partial charge in [-0.25, -0.2) is 4.39 Å². The van der Waals surface area contributed by atoms with Gasteiger partial charge in [0.25, 0.3) is 0 Å². The fraction of sp³-hybridized carbons (Fsp3) is 0.538. The van der Waals surface area contributed by atoms with Gasteiger partial charge >= 0.3 is 0 Å². The molecule has 0 radical (unpaired) electrons. The van der Waals surface area contributed by atoms with Gasteiger partial charge in [0, 0.05) is 52.0 Å². The number of alkyl halides is 1. The lowest BCUT2D eigenvalue weighted by Crippen LogP contribution is -2.46. The first-order chi connectivity index (χ1) is 16.4. The molecule has 186 valence electrons. The van der Waals surface area contributed by atoms with Crippen molar-refractivity contribution in [2.24, 2.45) is 0 Å². The van der Waals surface area contributed by atoms with E-state index in [9.17, 15) is 9.18 Å². The molecule has 5 atom stereocenters. The van der Waals surface area contributed by atoms with Gasteiger partial charge in [0.05, 0.1) is 12.1 Å². The summed E-state index contributed by atoms with van der Waals surface area (Å²) in [6, 6.07) is 11.1. The summed E-state index contributed by atoms with van der Waals surface area (Å²) in [5, 5.41) is 2.82. The third kappa shape index (κ3) is 7.06. The molecular formula is C26H36FN3O4. The first-order valence-electron chi connectivity index (χ1n) is 11.7. The Morgan fingerprint density at radius 3 is 2.62 bits per heavy atom. The van der Waals surface area contributed by atoms with Gasteiger partial charge in [0.2, 0.25) is 5.91 Å². The number of hydrogen-bond donors (Lipinski definition) is 1. The molecule has 2 aromatic rings. The topological polar surface area (TPSA) is 72.9 Å². The smallest absolute Gasteiger partial charge is 0.221 e. The zero-order chi connectivity index (χ0) is 24.5. The lowest BCUT2D eigenvalue weighted by Gasteiger charge is -2.37. The molecule has 1 aromatic heterocycles. The number of benzene rings is 1. The van der Waals surface area contributed by atoms with Gasteiger partial charge in [-0.15, -0.1) is 0 Å². The van der Waals surface area contributed by atoms with Gasteiger partial charge < -0.3 is 24.4 Å². The number of hydrogen-bond acceptors (Lipinski definition) is 6. The maximum absolute atomic E-state index is 14.0. The van der Waals surface area contributed by atoms with Crippen LogP contribution in [0, 0.1) is 0 Å². The summed E-state index contributed by atoms with van der Waals surface area (Å²) in [7, 11) is 5.17. The van der Waals surface area contributed by atoms with Crippen LogP contribution in [0.15, 0.2) is 48.8 Å². The number of ether oxygens (including phenoxy) is 3. The molecule has 1 fully saturated rings. The fourth-order valence-corrected chi connectivity index (χ4v) is 4.45. The first kappa shape index (κ1) is 26.2. The van der Waals surface area contributed by atoms with Crippen LogP contribution in [0.3, 0.4) is 0 Å². The van der Waals surface area contributed by atoms with Crippen molar-refractivity contribution in [3.63, 3.8) is 0 Å². The van der Waals surface area contributed by atoms with E-state index in [1.807, 2.05) is 50.4 Å². The largest absolute Gasteiger partial charge is 0.375 e. The van der Waals surface area contributed by atoms with E-state index in [-0.39, 0.29) is 30.8 Å². The lowest BCUT2D eigenvalue weighted by molar-refractivity contribution is -0.189. The SMILES string of the molecule is CO[C@H]1C[C@@H](N(C)CCC(=O)N[C@H](CF)[C@H](OC)c2ccc(-c3cccnc3)cc2)C[C@@H](C)O1. The molecule has 0 spiro atoms. The summed E-state index contributed by atoms with van der Waals surface area (Å²) >= 11 is 0. The van der Waals surface area contributed by atoms with Gasteiger partial charge in [-0.1, -0.05) is 30.3 Å². The van der Waals surface area contributed by atoms with Crippen LogP contribution < -0.4 is 5.32 Å². The second-order valence-corrected chi connectivity index (χ2v) is 8.82. The Labute approximate surface area is 201 Å². The fourth-order valence-electron chi connectivity index (χ4n) is 4.45. The Morgan fingerprint density at radius 1 is 1.24 bits per heavy atom. The highest BCUT2D eigenvalue weighted by molar-refractivity contribution is 5.76. The number of nitrogens with zero attached hydrogens (tertiary/aromatic N) is 2. The third-order valence-electron chi connectivity index (χ3n) is 6.40. The summed E-state index contributed by atoms with van der Waals surface area (Å²) in [4.78, 5) is 19.0. The number of rotatable bonds is 11. The van der Waals surface area contributed by atoms with Crippen molar-refractivity contribution in [1.82, 2.24) is 15.2 Å². The monoisotopic (exact) mass is 473 g/mol. The lowest BCUT2D eigenvalue weighted by atomic mass is 9.99. The second-order valence-electron chi connectivity index (χ2n) is 8.82. The van der Waals surface area contributed by atoms with Crippen LogP contribution in [0.4, 0.5) is 4.39 Å². The van der Waals surface area contributed by atoms with Crippen LogP contribution in [0.25, 0.3) is 11.1 Å². The molecule has 2 heterocycles. The van der Waals surface area contributed by atoms with E-state index in [0.717, 1.165) is 29.5 Å². The molecule has 0 bridgehead atoms. The van der Waals surface area contributed by atoms with Crippen molar-refractivity contribution in [3.05, 3.63) is 54.4 Å². The van der Waals surface area contributed by atoms with Crippen LogP contribution in [0.1, 0.15) is 37.9 Å². The summed E-state index contributed by atoms with van der Waals surface area (Å²) in [6.45, 7) is 1.87. The Morgan fingerprint density at radius 2 is 2.00 bits per heavy atom. The average molecular weight is 474 g/mol. The molecule has 3 rings (SSSR count). The van der Waals surface area contributed by atoms with E-state index in [1.54, 1.807) is 19.5 Å². The standard InChI is InChI=1S/C26H36FN3O4/c1-18-14-22(15-25(32-3)34-18)30(2)13-11-24(31)29-23(16-27)26(33-4)20-9-7-19(8-10-20)21-6-5-12-28-17-21/h5-10,12,17-18,22-23,25-26H,11,13-16H2,1-4H3,(H,29,31)/t18-,22+,23-,25-,26-/m1/s1. The highest BCUT2D eigenvalue weighted by atomic mass is 19.1. The van der Waals surface area contributed by atoms with Crippen LogP contribution in [-0.4, -0.2) is 74.8 Å². The molecule has 1 saturated heterocycles. The highest BCUT2D eigenvalue weighted by Crippen LogP contribution is 2.26. The number of amides is 1. The van der Waals surface area contributed by atoms with E-state index in [4.69, 9.17) is 14.2 Å². The Balaban J connectivity index is 1.55. The van der Waals surface area contributed by atoms with Crippen molar-refractivity contribution in [2.75, 3.05) is 34.5 Å². The Kier molecular flexibility index (Phi) is 9.95. The normalized spacial score (nSPS) is 22.4. The maximum atomic E-state index is 14.0. The van der Waals surface area contributed by atoms with Gasteiger partial charge in [-0.2, -0.15) is 0 Å². The molecule has 1 N–H and O–H groups in total. The summed E-state index contributed by atoms with van der Waals surface area (Å²) in [6.07, 6.45) is 4.71. The summed E-state index contributed by atoms with van der Waals surface area (Å²) < 4.78 is 30.6. The minimum atomic E-state index is -0.770. The molecule has 34 heavy (non-hydrogen) atoms. The highest BCUT2D eigenvalue weighted by Gasteiger charge is 2.30. The van der Waals surface area contributed by atoms with Crippen molar-refractivity contribution < 1.29 is 23.4 Å². The molecule has 0 aliphatic carbocycles. The molecule has 1 aliphatic heterocycles. The molecule has 1 aromatic carbocycles. The number of pyridine rings is 1. The van der Waals surface area contributed by atoms with Crippen LogP contribution >= 0.6 is 0 Å². The molecule has 1 aliphatic rings. The maximum Gasteiger partial charge on any atom is 0.221 e. The molecule has 7 nitrogen and oxygen atoms in total. The van der Waals surface area contributed by atoms with Gasteiger partial charge in [0.1, 0.15) is 12.8 Å². The Hall–Kier alpha value is -2.39. The molecule has 0 unspecified atom stereocenters. The quantitative estimate of drug-likeness (QED) is 0.536. The van der Waals surface area contributed by atoms with E-state index in [2.05, 4.69) is 15.2 Å². The summed E-state index contributed by atoms with van der Waals surface area (Å²) in [5.41, 5.74) is 2.81. The van der Waals surface area contributed by atoms with E-state index in [1.165, 1.54) is 7.11 Å². The minimum Gasteiger partial charge on any atom is -0.375 e. The van der Waals surface area contributed by atoms with Crippen molar-refractivity contribution in [1.29, 1.82) is 0 Å². The van der Waals surface area contributed by atoms with Crippen LogP contribution in [0.2, 0.25) is 0 Å². The Bertz CT molecular complexity index is 883. The summed E-state index contributed by atoms with van der Waals surface area (Å²) in [5.74, 6) is -0.202. The average Bonchev–Trinajstić information content (AvgIpc) is 2.87. The third-order valence-corrected chi connectivity index (χ3v) is 6.40. The minimum absolute atomic E-state index is 0.0999. The molecule has 0 saturated carbocycles. The van der Waals surface area contributed by atoms with Crippen LogP contribution in [-0.2, 0) is 19.0 Å². The molecule has 8 heteroatoms. The zero-order valence-corrected chi connectivity index (χ0v) is 20.4. The second kappa shape index (κ2) is 12.9. The van der Waals surface area contributed by atoms with Crippen molar-refractivity contribution >= 4 is 5.91 Å². The molecule has 1 amide bonds. The van der Waals surface area contributed by atoms with Gasteiger partial charge in [0.15, 0.2) is 6.29 Å². The molecular weight excluding hydrogens is 437 g/mol. The number of aromatic nitrogens is 1. The van der Waals surface area contributed by atoms with Crippen LogP contribution in [0.5, 0.6) is 0 Å². The number of halogens is 1. The van der Waals surface area contributed by atoms with Gasteiger partial charge in [-0.05, 0) is 43.1 Å². The number of carbonyl (C=O) groups excluding carboxylic acids is 1. The van der Waals surface area contributed by atoms with E-state index >= 15 is 0 Å².